The third kappa shape index (κ3) is 7.59. The van der Waals surface area contributed by atoms with Crippen molar-refractivity contribution in [2.45, 2.75) is 111 Å². The summed E-state index contributed by atoms with van der Waals surface area (Å²) in [7, 11) is 0. The van der Waals surface area contributed by atoms with Gasteiger partial charge in [-0.3, -0.25) is 0 Å². The van der Waals surface area contributed by atoms with Crippen molar-refractivity contribution in [2.24, 2.45) is 0 Å². The molecule has 6 aromatic rings. The zero-order valence-corrected chi connectivity index (χ0v) is 40.4. The average Bonchev–Trinajstić information content (AvgIpc) is 3.76. The van der Waals surface area contributed by atoms with Crippen LogP contribution in [0.5, 0.6) is 0 Å². The van der Waals surface area contributed by atoms with Crippen molar-refractivity contribution < 1.29 is 49.5 Å². The number of benzene rings is 6. The molecule has 0 aromatic heterocycles. The van der Waals surface area contributed by atoms with Crippen LogP contribution in [0.25, 0.3) is 36.0 Å². The Morgan fingerprint density at radius 1 is 0.500 bits per heavy atom. The molecule has 0 fully saturated rings. The predicted molar refractivity (Wildman–Crippen MR) is 238 cm³/mol. The van der Waals surface area contributed by atoms with E-state index in [-0.39, 0.29) is 46.5 Å². The van der Waals surface area contributed by atoms with Gasteiger partial charge in [-0.25, -0.2) is 0 Å². The summed E-state index contributed by atoms with van der Waals surface area (Å²) >= 11 is 1.46. The molecule has 0 heterocycles. The topological polar surface area (TPSA) is 0 Å². The van der Waals surface area contributed by atoms with Crippen LogP contribution < -0.4 is 35.3 Å². The minimum Gasteiger partial charge on any atom is -1.00 e. The number of fused-ring (bicyclic) bond motifs is 4. The van der Waals surface area contributed by atoms with Gasteiger partial charge in [0.05, 0.1) is 0 Å². The standard InChI is InChI=1S/C55H57.2ClH.Zr/c1-52(2,3)44-32-41-31-43-47(36-21-15-16-22-36)50(54(7,8)9)51(55(10,11)12)49(48(43)42(41)33-45(44)53(4,5)6)46(39-27-25-34-19-13-17-23-37(34)29-39)40-28-26-35-20-14-18-24-38(35)30-40;;;/h13-21,23-30,32-33H,22H2,1-12H3;2*1H;/q;;;+2/p-2. The molecule has 0 unspecified atom stereocenters. The Morgan fingerprint density at radius 2 is 0.966 bits per heavy atom. The molecular formula is C55H57Cl2Zr. The summed E-state index contributed by atoms with van der Waals surface area (Å²) in [5.74, 6) is 0. The Balaban J connectivity index is 0.00000283. The second kappa shape index (κ2) is 15.5. The molecule has 0 bridgehead atoms. The summed E-state index contributed by atoms with van der Waals surface area (Å²) in [6.45, 7) is 29.1. The van der Waals surface area contributed by atoms with Crippen LogP contribution in [-0.4, -0.2) is 0 Å². The van der Waals surface area contributed by atoms with Crippen molar-refractivity contribution in [1.82, 2.24) is 0 Å². The first-order valence-electron chi connectivity index (χ1n) is 20.5. The summed E-state index contributed by atoms with van der Waals surface area (Å²) in [4.78, 5) is 0. The van der Waals surface area contributed by atoms with E-state index in [0.717, 1.165) is 6.42 Å². The van der Waals surface area contributed by atoms with Gasteiger partial charge < -0.3 is 24.8 Å². The molecular weight excluding hydrogens is 823 g/mol. The summed E-state index contributed by atoms with van der Waals surface area (Å²) in [5, 5.41) is 10.7. The van der Waals surface area contributed by atoms with Crippen LogP contribution in [0.2, 0.25) is 0 Å². The molecule has 0 saturated carbocycles. The fourth-order valence-electron chi connectivity index (χ4n) is 9.51. The molecule has 0 nitrogen and oxygen atoms in total. The first-order chi connectivity index (χ1) is 26.2. The van der Waals surface area contributed by atoms with Crippen LogP contribution in [0.15, 0.2) is 115 Å². The molecule has 0 saturated heterocycles. The third-order valence-electron chi connectivity index (χ3n) is 12.0. The van der Waals surface area contributed by atoms with E-state index in [2.05, 4.69) is 198 Å². The maximum atomic E-state index is 2.63. The van der Waals surface area contributed by atoms with E-state index in [4.69, 9.17) is 0 Å². The maximum absolute atomic E-state index is 2.63. The Labute approximate surface area is 374 Å². The van der Waals surface area contributed by atoms with E-state index in [1.165, 1.54) is 126 Å². The summed E-state index contributed by atoms with van der Waals surface area (Å²) in [6, 6.07) is 37.3. The Morgan fingerprint density at radius 3 is 1.40 bits per heavy atom. The van der Waals surface area contributed by atoms with E-state index in [1.807, 2.05) is 0 Å². The zero-order chi connectivity index (χ0) is 40.1. The number of allylic oxidation sites excluding steroid dienone is 4. The van der Waals surface area contributed by atoms with Gasteiger partial charge in [-0.1, -0.05) is 0 Å². The van der Waals surface area contributed by atoms with Gasteiger partial charge in [-0.15, -0.1) is 0 Å². The van der Waals surface area contributed by atoms with Gasteiger partial charge in [-0.05, 0) is 0 Å². The molecule has 3 heteroatoms. The van der Waals surface area contributed by atoms with Gasteiger partial charge in [0.25, 0.3) is 0 Å². The molecule has 0 spiro atoms. The van der Waals surface area contributed by atoms with Crippen molar-refractivity contribution >= 4 is 36.0 Å². The minimum atomic E-state index is -0.171. The quantitative estimate of drug-likeness (QED) is 0.179. The van der Waals surface area contributed by atoms with Gasteiger partial charge >= 0.3 is 353 Å². The Bertz CT molecular complexity index is 2830. The summed E-state index contributed by atoms with van der Waals surface area (Å²) < 4.78 is 1.49. The van der Waals surface area contributed by atoms with Crippen molar-refractivity contribution in [2.75, 3.05) is 0 Å². The summed E-state index contributed by atoms with van der Waals surface area (Å²) in [6.07, 6.45) is 7.99. The first-order valence-corrected chi connectivity index (χ1v) is 21.7. The number of hydrogen-bond donors (Lipinski definition) is 0. The minimum absolute atomic E-state index is 0. The molecule has 295 valence electrons. The maximum Gasteiger partial charge on any atom is -1.00 e. The largest absolute Gasteiger partial charge is 1.00 e. The van der Waals surface area contributed by atoms with Crippen LogP contribution in [-0.2, 0) is 46.4 Å². The molecule has 2 aliphatic carbocycles. The van der Waals surface area contributed by atoms with Gasteiger partial charge in [0.2, 0.25) is 0 Å². The molecule has 0 atom stereocenters. The van der Waals surface area contributed by atoms with Crippen LogP contribution >= 0.6 is 0 Å². The van der Waals surface area contributed by atoms with Crippen molar-refractivity contribution in [3.8, 4) is 0 Å². The third-order valence-corrected chi connectivity index (χ3v) is 13.3. The van der Waals surface area contributed by atoms with Gasteiger partial charge in [0.15, 0.2) is 0 Å². The molecule has 0 amide bonds. The predicted octanol–water partition coefficient (Wildman–Crippen LogP) is 7.09. The average molecular weight is 880 g/mol. The fraction of sp³-hybridized carbons (Fsp3) is 0.309. The number of hydrogen-bond acceptors (Lipinski definition) is 0. The van der Waals surface area contributed by atoms with Crippen molar-refractivity contribution in [3.05, 3.63) is 181 Å². The Hall–Kier alpha value is -3.48. The molecule has 6 aromatic carbocycles. The normalized spacial score (nSPS) is 14.0. The number of halogens is 2. The zero-order valence-electron chi connectivity index (χ0n) is 36.4. The van der Waals surface area contributed by atoms with Crippen molar-refractivity contribution in [3.63, 3.8) is 0 Å². The molecule has 0 radical (unpaired) electrons. The second-order valence-corrected chi connectivity index (χ2v) is 21.6. The first kappa shape index (κ1) is 44.1. The van der Waals surface area contributed by atoms with Gasteiger partial charge in [0.1, 0.15) is 0 Å². The fourth-order valence-corrected chi connectivity index (χ4v) is 10.6. The van der Waals surface area contributed by atoms with E-state index in [1.54, 1.807) is 0 Å². The monoisotopic (exact) mass is 877 g/mol. The van der Waals surface area contributed by atoms with Crippen LogP contribution in [0, 0.1) is 10.4 Å². The molecule has 58 heavy (non-hydrogen) atoms. The van der Waals surface area contributed by atoms with Crippen LogP contribution in [0.3, 0.4) is 0 Å². The molecule has 8 rings (SSSR count). The Kier molecular flexibility index (Phi) is 11.8. The SMILES string of the molecule is CC(C)(C)c1cc2c(cc1C(C)(C)C)=c1c(c(C3=CC=CC3)c(C(C)(C)C)c(C(C)(C)C)c1=C(c1ccc3ccccc3c1)c1ccc3ccccc3c1)[C]=2[Zr+2].[Cl-].[Cl-]. The van der Waals surface area contributed by atoms with E-state index < -0.39 is 0 Å². The summed E-state index contributed by atoms with van der Waals surface area (Å²) in [5.41, 5.74) is 13.8. The van der Waals surface area contributed by atoms with Crippen LogP contribution in [0.4, 0.5) is 0 Å². The van der Waals surface area contributed by atoms with Crippen molar-refractivity contribution in [1.29, 1.82) is 0 Å². The molecule has 0 aliphatic heterocycles. The van der Waals surface area contributed by atoms with Gasteiger partial charge in [-0.2, -0.15) is 0 Å². The van der Waals surface area contributed by atoms with E-state index in [0.29, 0.717) is 0 Å². The van der Waals surface area contributed by atoms with Gasteiger partial charge in [0, 0.05) is 0 Å². The van der Waals surface area contributed by atoms with E-state index >= 15 is 0 Å². The molecule has 0 N–H and O–H groups in total. The molecule has 2 aliphatic rings. The van der Waals surface area contributed by atoms with E-state index in [9.17, 15) is 0 Å². The van der Waals surface area contributed by atoms with Crippen LogP contribution in [0.1, 0.15) is 134 Å². The second-order valence-electron chi connectivity index (χ2n) is 20.4. The number of rotatable bonds is 3. The smallest absolute Gasteiger partial charge is 1.00 e.